The minimum absolute atomic E-state index is 0.0122. The highest BCUT2D eigenvalue weighted by Gasteiger charge is 2.23. The van der Waals surface area contributed by atoms with Crippen molar-refractivity contribution in [2.45, 2.75) is 39.3 Å². The highest BCUT2D eigenvalue weighted by atomic mass is 16.5. The Morgan fingerprint density at radius 1 is 1.03 bits per heavy atom. The molecule has 0 radical (unpaired) electrons. The molecule has 0 saturated carbocycles. The highest BCUT2D eigenvalue weighted by molar-refractivity contribution is 5.96. The number of likely N-dealkylation sites (tertiary alicyclic amines) is 1. The smallest absolute Gasteiger partial charge is 0.341 e. The van der Waals surface area contributed by atoms with Crippen LogP contribution in [-0.4, -0.2) is 48.3 Å². The Hall–Kier alpha value is -4.33. The van der Waals surface area contributed by atoms with E-state index in [9.17, 15) is 4.79 Å². The van der Waals surface area contributed by atoms with Crippen molar-refractivity contribution < 1.29 is 14.3 Å². The van der Waals surface area contributed by atoms with Gasteiger partial charge in [0.2, 0.25) is 0 Å². The normalized spacial score (nSPS) is 13.6. The van der Waals surface area contributed by atoms with E-state index in [1.165, 1.54) is 0 Å². The van der Waals surface area contributed by atoms with Crippen molar-refractivity contribution in [3.63, 3.8) is 0 Å². The predicted molar refractivity (Wildman–Crippen MR) is 151 cm³/mol. The number of carbonyl (C=O) groups is 1. The number of benzene rings is 3. The second-order valence-corrected chi connectivity index (χ2v) is 9.37. The van der Waals surface area contributed by atoms with Crippen LogP contribution in [0, 0.1) is 10.8 Å². The maximum absolute atomic E-state index is 12.8. The van der Waals surface area contributed by atoms with E-state index in [0.717, 1.165) is 48.3 Å². The summed E-state index contributed by atoms with van der Waals surface area (Å²) in [5.74, 6) is 0.722. The highest BCUT2D eigenvalue weighted by Crippen LogP contribution is 2.28. The van der Waals surface area contributed by atoms with E-state index in [2.05, 4.69) is 11.4 Å². The van der Waals surface area contributed by atoms with E-state index < -0.39 is 5.97 Å². The molecule has 0 aliphatic carbocycles. The van der Waals surface area contributed by atoms with Crippen molar-refractivity contribution in [2.75, 3.05) is 25.0 Å². The van der Waals surface area contributed by atoms with E-state index in [1.807, 2.05) is 59.5 Å². The van der Waals surface area contributed by atoms with Crippen molar-refractivity contribution in [3.8, 4) is 16.9 Å². The molecule has 3 aromatic rings. The van der Waals surface area contributed by atoms with E-state index in [4.69, 9.17) is 26.0 Å². The molecular weight excluding hydrogens is 478 g/mol. The number of hydrogen-bond acceptors (Lipinski definition) is 6. The second-order valence-electron chi connectivity index (χ2n) is 9.37. The molecule has 3 aromatic carbocycles. The average molecular weight is 514 g/mol. The number of carbonyl (C=O) groups excluding carboxylic acids is 1. The van der Waals surface area contributed by atoms with Crippen molar-refractivity contribution in [2.24, 2.45) is 5.73 Å². The number of amidine groups is 2. The van der Waals surface area contributed by atoms with Crippen LogP contribution < -0.4 is 15.8 Å². The van der Waals surface area contributed by atoms with Gasteiger partial charge in [0.25, 0.3) is 0 Å². The molecule has 0 atom stereocenters. The van der Waals surface area contributed by atoms with Crippen LogP contribution in [-0.2, 0) is 11.3 Å². The van der Waals surface area contributed by atoms with Gasteiger partial charge in [0.1, 0.15) is 23.3 Å². The van der Waals surface area contributed by atoms with Crippen molar-refractivity contribution >= 4 is 23.3 Å². The molecule has 0 spiro atoms. The number of nitrogens with two attached hydrogens (primary N) is 1. The van der Waals surface area contributed by atoms with Crippen molar-refractivity contribution in [1.29, 1.82) is 10.8 Å². The zero-order valence-electron chi connectivity index (χ0n) is 21.9. The lowest BCUT2D eigenvalue weighted by Crippen LogP contribution is -2.40. The van der Waals surface area contributed by atoms with Crippen molar-refractivity contribution in [3.05, 3.63) is 83.4 Å². The molecule has 38 heavy (non-hydrogen) atoms. The van der Waals surface area contributed by atoms with E-state index in [-0.39, 0.29) is 18.5 Å². The third kappa shape index (κ3) is 6.70. The Labute approximate surface area is 223 Å². The van der Waals surface area contributed by atoms with Gasteiger partial charge in [-0.25, -0.2) is 4.79 Å². The molecule has 0 aromatic heterocycles. The molecule has 0 bridgehead atoms. The number of nitrogens with zero attached hydrogens (tertiary/aromatic N) is 1. The van der Waals surface area contributed by atoms with Gasteiger partial charge in [-0.1, -0.05) is 36.4 Å². The summed E-state index contributed by atoms with van der Waals surface area (Å²) in [5.41, 5.74) is 10.6. The molecule has 1 fully saturated rings. The standard InChI is InChI=1S/C30H35N5O3/c1-3-37-30(36)27-18-25(10-11-28(27)38-26-12-14-35(15-13-26)20(2)31)34-19-21-6-4-7-22(16-21)23-8-5-9-24(17-23)29(32)33/h4-11,16-18,26,31,34H,3,12-15,19H2,1-2H3,(H3,32,33). The number of esters is 1. The van der Waals surface area contributed by atoms with Crippen LogP contribution in [0.1, 0.15) is 48.2 Å². The van der Waals surface area contributed by atoms with Gasteiger partial charge in [-0.2, -0.15) is 0 Å². The molecule has 1 saturated heterocycles. The average Bonchev–Trinajstić information content (AvgIpc) is 2.93. The lowest BCUT2D eigenvalue weighted by Gasteiger charge is -2.33. The number of piperidine rings is 1. The summed E-state index contributed by atoms with van der Waals surface area (Å²) in [4.78, 5) is 14.8. The first-order chi connectivity index (χ1) is 18.3. The Kier molecular flexibility index (Phi) is 8.63. The number of ether oxygens (including phenoxy) is 2. The lowest BCUT2D eigenvalue weighted by molar-refractivity contribution is 0.0515. The van der Waals surface area contributed by atoms with E-state index in [0.29, 0.717) is 29.3 Å². The molecule has 5 N–H and O–H groups in total. The SMILES string of the molecule is CCOC(=O)c1cc(NCc2cccc(-c3cccc(C(=N)N)c3)c2)ccc1OC1CCN(C(C)=N)CC1. The summed E-state index contributed by atoms with van der Waals surface area (Å²) in [7, 11) is 0. The van der Waals surface area contributed by atoms with Crippen LogP contribution in [0.5, 0.6) is 5.75 Å². The minimum Gasteiger partial charge on any atom is -0.489 e. The van der Waals surface area contributed by atoms with Crippen LogP contribution in [0.3, 0.4) is 0 Å². The fraction of sp³-hybridized carbons (Fsp3) is 0.300. The molecule has 4 rings (SSSR count). The molecule has 0 amide bonds. The maximum Gasteiger partial charge on any atom is 0.341 e. The van der Waals surface area contributed by atoms with Crippen LogP contribution in [0.4, 0.5) is 5.69 Å². The van der Waals surface area contributed by atoms with Gasteiger partial charge in [0.05, 0.1) is 12.4 Å². The third-order valence-electron chi connectivity index (χ3n) is 6.62. The van der Waals surface area contributed by atoms with Gasteiger partial charge in [-0.3, -0.25) is 10.8 Å². The van der Waals surface area contributed by atoms with Gasteiger partial charge in [-0.15, -0.1) is 0 Å². The minimum atomic E-state index is -0.411. The Bertz CT molecular complexity index is 1310. The van der Waals surface area contributed by atoms with E-state index in [1.54, 1.807) is 19.9 Å². The molecule has 198 valence electrons. The largest absolute Gasteiger partial charge is 0.489 e. The number of rotatable bonds is 9. The van der Waals surface area contributed by atoms with Crippen molar-refractivity contribution in [1.82, 2.24) is 4.90 Å². The molecule has 0 unspecified atom stereocenters. The number of nitrogen functional groups attached to an aromatic ring is 1. The fourth-order valence-electron chi connectivity index (χ4n) is 4.53. The molecule has 8 nitrogen and oxygen atoms in total. The molecule has 1 aliphatic rings. The summed E-state index contributed by atoms with van der Waals surface area (Å²) in [6.07, 6.45) is 1.58. The second kappa shape index (κ2) is 12.3. The molecule has 1 heterocycles. The van der Waals surface area contributed by atoms with E-state index >= 15 is 0 Å². The van der Waals surface area contributed by atoms with Gasteiger partial charge in [0.15, 0.2) is 0 Å². The zero-order valence-corrected chi connectivity index (χ0v) is 21.9. The van der Waals surface area contributed by atoms with Gasteiger partial charge in [0, 0.05) is 43.7 Å². The molecule has 8 heteroatoms. The first-order valence-electron chi connectivity index (χ1n) is 12.9. The fourth-order valence-corrected chi connectivity index (χ4v) is 4.53. The topological polar surface area (TPSA) is 125 Å². The maximum atomic E-state index is 12.8. The van der Waals surface area contributed by atoms with Crippen LogP contribution >= 0.6 is 0 Å². The quantitative estimate of drug-likeness (QED) is 0.176. The number of hydrogen-bond donors (Lipinski definition) is 4. The monoisotopic (exact) mass is 513 g/mol. The van der Waals surface area contributed by atoms with Crippen LogP contribution in [0.15, 0.2) is 66.7 Å². The lowest BCUT2D eigenvalue weighted by atomic mass is 10.0. The van der Waals surface area contributed by atoms with Crippen LogP contribution in [0.25, 0.3) is 11.1 Å². The Balaban J connectivity index is 1.47. The summed E-state index contributed by atoms with van der Waals surface area (Å²) >= 11 is 0. The predicted octanol–water partition coefficient (Wildman–Crippen LogP) is 5.27. The number of nitrogens with one attached hydrogen (secondary N) is 3. The third-order valence-corrected chi connectivity index (χ3v) is 6.62. The first kappa shape index (κ1) is 26.7. The molecule has 1 aliphatic heterocycles. The molecular formula is C30H35N5O3. The van der Waals surface area contributed by atoms with Gasteiger partial charge >= 0.3 is 5.97 Å². The summed E-state index contributed by atoms with van der Waals surface area (Å²) in [6.45, 7) is 5.97. The first-order valence-corrected chi connectivity index (χ1v) is 12.9. The Morgan fingerprint density at radius 2 is 1.74 bits per heavy atom. The summed E-state index contributed by atoms with van der Waals surface area (Å²) in [5, 5.41) is 18.9. The summed E-state index contributed by atoms with van der Waals surface area (Å²) in [6, 6.07) is 21.3. The van der Waals surface area contributed by atoms with Crippen LogP contribution in [0.2, 0.25) is 0 Å². The zero-order chi connectivity index (χ0) is 27.1. The van der Waals surface area contributed by atoms with Gasteiger partial charge < -0.3 is 25.4 Å². The van der Waals surface area contributed by atoms with Gasteiger partial charge in [-0.05, 0) is 60.9 Å². The Morgan fingerprint density at radius 3 is 2.42 bits per heavy atom. The summed E-state index contributed by atoms with van der Waals surface area (Å²) < 4.78 is 11.5. The number of anilines is 1.